The van der Waals surface area contributed by atoms with Crippen LogP contribution in [-0.2, 0) is 4.79 Å². The maximum atomic E-state index is 11.7. The van der Waals surface area contributed by atoms with Crippen molar-refractivity contribution in [3.63, 3.8) is 0 Å². The number of hydrogen-bond donors (Lipinski definition) is 1. The Bertz CT molecular complexity index is 232. The highest BCUT2D eigenvalue weighted by Gasteiger charge is 2.33. The molecule has 0 aromatic rings. The topological polar surface area (TPSA) is 37.3 Å². The number of ketones is 1. The van der Waals surface area contributed by atoms with Crippen molar-refractivity contribution in [2.75, 3.05) is 6.61 Å². The highest BCUT2D eigenvalue weighted by molar-refractivity contribution is 5.82. The molecule has 0 aromatic carbocycles. The van der Waals surface area contributed by atoms with E-state index in [9.17, 15) is 4.79 Å². The van der Waals surface area contributed by atoms with Crippen LogP contribution in [0.15, 0.2) is 12.2 Å². The number of carbonyl (C=O) groups excluding carboxylic acids is 1. The van der Waals surface area contributed by atoms with Crippen molar-refractivity contribution >= 4 is 5.78 Å². The first-order valence-electron chi connectivity index (χ1n) is 5.35. The van der Waals surface area contributed by atoms with Crippen LogP contribution in [0.25, 0.3) is 0 Å². The van der Waals surface area contributed by atoms with E-state index in [0.717, 1.165) is 18.4 Å². The first-order chi connectivity index (χ1) is 6.56. The molecule has 0 spiro atoms. The minimum absolute atomic E-state index is 0.123. The third kappa shape index (κ3) is 2.44. The largest absolute Gasteiger partial charge is 0.396 e. The lowest BCUT2D eigenvalue weighted by Gasteiger charge is -2.33. The van der Waals surface area contributed by atoms with E-state index in [0.29, 0.717) is 24.0 Å². The Hall–Kier alpha value is -0.630. The Morgan fingerprint density at radius 3 is 2.79 bits per heavy atom. The number of allylic oxidation sites excluding steroid dienone is 1. The summed E-state index contributed by atoms with van der Waals surface area (Å²) in [6.07, 6.45) is 2.41. The van der Waals surface area contributed by atoms with Crippen LogP contribution in [0.4, 0.5) is 0 Å². The van der Waals surface area contributed by atoms with E-state index in [4.69, 9.17) is 5.11 Å². The van der Waals surface area contributed by atoms with Gasteiger partial charge in [-0.3, -0.25) is 4.79 Å². The van der Waals surface area contributed by atoms with Crippen molar-refractivity contribution in [3.05, 3.63) is 12.2 Å². The molecule has 0 bridgehead atoms. The SMILES string of the molecule is C=C(C)C1CC(=O)C(C)C(CCO)C1. The average molecular weight is 196 g/mol. The van der Waals surface area contributed by atoms with Gasteiger partial charge in [-0.2, -0.15) is 0 Å². The van der Waals surface area contributed by atoms with Crippen molar-refractivity contribution in [2.24, 2.45) is 17.8 Å². The summed E-state index contributed by atoms with van der Waals surface area (Å²) in [5.41, 5.74) is 1.10. The summed E-state index contributed by atoms with van der Waals surface area (Å²) in [6.45, 7) is 8.08. The molecule has 1 aliphatic rings. The van der Waals surface area contributed by atoms with E-state index in [-0.39, 0.29) is 12.5 Å². The maximum absolute atomic E-state index is 11.7. The van der Waals surface area contributed by atoms with Crippen LogP contribution in [0.2, 0.25) is 0 Å². The number of rotatable bonds is 3. The fraction of sp³-hybridized carbons (Fsp3) is 0.750. The summed E-state index contributed by atoms with van der Waals surface area (Å²) in [5.74, 6) is 1.15. The van der Waals surface area contributed by atoms with Gasteiger partial charge >= 0.3 is 0 Å². The molecule has 1 fully saturated rings. The summed E-state index contributed by atoms with van der Waals surface area (Å²) < 4.78 is 0. The molecule has 0 aromatic heterocycles. The van der Waals surface area contributed by atoms with Crippen LogP contribution in [-0.4, -0.2) is 17.5 Å². The van der Waals surface area contributed by atoms with Crippen LogP contribution >= 0.6 is 0 Å². The number of aliphatic hydroxyl groups is 1. The molecular weight excluding hydrogens is 176 g/mol. The predicted molar refractivity (Wildman–Crippen MR) is 56.9 cm³/mol. The second-order valence-corrected chi connectivity index (χ2v) is 4.51. The fourth-order valence-electron chi connectivity index (χ4n) is 2.25. The van der Waals surface area contributed by atoms with Gasteiger partial charge in [-0.05, 0) is 31.6 Å². The van der Waals surface area contributed by atoms with E-state index < -0.39 is 0 Å². The van der Waals surface area contributed by atoms with E-state index in [1.165, 1.54) is 0 Å². The van der Waals surface area contributed by atoms with Gasteiger partial charge in [0.15, 0.2) is 0 Å². The smallest absolute Gasteiger partial charge is 0.136 e. The Morgan fingerprint density at radius 2 is 2.29 bits per heavy atom. The quantitative estimate of drug-likeness (QED) is 0.702. The van der Waals surface area contributed by atoms with Crippen LogP contribution in [0.3, 0.4) is 0 Å². The number of Topliss-reactive ketones (excluding diaryl/α,β-unsaturated/α-hetero) is 1. The second-order valence-electron chi connectivity index (χ2n) is 4.51. The third-order valence-electron chi connectivity index (χ3n) is 3.45. The molecular formula is C12H20O2. The lowest BCUT2D eigenvalue weighted by molar-refractivity contribution is -0.127. The van der Waals surface area contributed by atoms with Crippen LogP contribution < -0.4 is 0 Å². The predicted octanol–water partition coefficient (Wildman–Crippen LogP) is 2.18. The molecule has 0 amide bonds. The van der Waals surface area contributed by atoms with Gasteiger partial charge < -0.3 is 5.11 Å². The molecule has 0 saturated heterocycles. The molecule has 1 saturated carbocycles. The average Bonchev–Trinajstić information content (AvgIpc) is 2.12. The summed E-state index contributed by atoms with van der Waals surface area (Å²) >= 11 is 0. The van der Waals surface area contributed by atoms with Crippen molar-refractivity contribution < 1.29 is 9.90 Å². The Labute approximate surface area is 86.0 Å². The Balaban J connectivity index is 2.66. The van der Waals surface area contributed by atoms with Crippen molar-refractivity contribution in [2.45, 2.75) is 33.1 Å². The third-order valence-corrected chi connectivity index (χ3v) is 3.45. The van der Waals surface area contributed by atoms with Gasteiger partial charge in [0.05, 0.1) is 0 Å². The molecule has 0 radical (unpaired) electrons. The molecule has 14 heavy (non-hydrogen) atoms. The summed E-state index contributed by atoms with van der Waals surface area (Å²) in [6, 6.07) is 0. The van der Waals surface area contributed by atoms with Gasteiger partial charge in [0, 0.05) is 18.9 Å². The zero-order valence-electron chi connectivity index (χ0n) is 9.12. The van der Waals surface area contributed by atoms with Gasteiger partial charge in [-0.25, -0.2) is 0 Å². The standard InChI is InChI=1S/C12H20O2/c1-8(2)11-6-10(4-5-13)9(3)12(14)7-11/h9-11,13H,1,4-7H2,2-3H3. The molecule has 0 heterocycles. The van der Waals surface area contributed by atoms with Crippen molar-refractivity contribution in [1.82, 2.24) is 0 Å². The van der Waals surface area contributed by atoms with E-state index in [1.807, 2.05) is 13.8 Å². The lowest BCUT2D eigenvalue weighted by Crippen LogP contribution is -2.32. The summed E-state index contributed by atoms with van der Waals surface area (Å²) in [7, 11) is 0. The molecule has 2 nitrogen and oxygen atoms in total. The molecule has 3 unspecified atom stereocenters. The molecule has 80 valence electrons. The summed E-state index contributed by atoms with van der Waals surface area (Å²) in [5, 5.41) is 8.91. The zero-order valence-corrected chi connectivity index (χ0v) is 9.12. The molecule has 1 aliphatic carbocycles. The van der Waals surface area contributed by atoms with Gasteiger partial charge in [0.1, 0.15) is 5.78 Å². The highest BCUT2D eigenvalue weighted by atomic mass is 16.3. The Morgan fingerprint density at radius 1 is 1.64 bits per heavy atom. The second kappa shape index (κ2) is 4.74. The number of carbonyl (C=O) groups is 1. The van der Waals surface area contributed by atoms with Crippen molar-refractivity contribution in [1.29, 1.82) is 0 Å². The molecule has 1 rings (SSSR count). The van der Waals surface area contributed by atoms with E-state index in [2.05, 4.69) is 6.58 Å². The number of hydrogen-bond acceptors (Lipinski definition) is 2. The molecule has 1 N–H and O–H groups in total. The minimum Gasteiger partial charge on any atom is -0.396 e. The highest BCUT2D eigenvalue weighted by Crippen LogP contribution is 2.36. The zero-order chi connectivity index (χ0) is 10.7. The fourth-order valence-corrected chi connectivity index (χ4v) is 2.25. The van der Waals surface area contributed by atoms with Crippen LogP contribution in [0.5, 0.6) is 0 Å². The van der Waals surface area contributed by atoms with Gasteiger partial charge in [-0.15, -0.1) is 0 Å². The van der Waals surface area contributed by atoms with E-state index >= 15 is 0 Å². The van der Waals surface area contributed by atoms with Gasteiger partial charge in [0.2, 0.25) is 0 Å². The molecule has 3 atom stereocenters. The number of aliphatic hydroxyl groups excluding tert-OH is 1. The Kier molecular flexibility index (Phi) is 3.87. The van der Waals surface area contributed by atoms with Crippen LogP contribution in [0.1, 0.15) is 33.1 Å². The van der Waals surface area contributed by atoms with Gasteiger partial charge in [0.25, 0.3) is 0 Å². The normalized spacial score (nSPS) is 33.1. The van der Waals surface area contributed by atoms with E-state index in [1.54, 1.807) is 0 Å². The maximum Gasteiger partial charge on any atom is 0.136 e. The van der Waals surface area contributed by atoms with Crippen LogP contribution in [0, 0.1) is 17.8 Å². The first-order valence-corrected chi connectivity index (χ1v) is 5.35. The van der Waals surface area contributed by atoms with Gasteiger partial charge in [-0.1, -0.05) is 19.1 Å². The first kappa shape index (κ1) is 11.4. The monoisotopic (exact) mass is 196 g/mol. The lowest BCUT2D eigenvalue weighted by atomic mass is 9.71. The van der Waals surface area contributed by atoms with Crippen molar-refractivity contribution in [3.8, 4) is 0 Å². The molecule has 0 aliphatic heterocycles. The summed E-state index contributed by atoms with van der Waals surface area (Å²) in [4.78, 5) is 11.7. The molecule has 2 heteroatoms. The minimum atomic E-state index is 0.123.